The highest BCUT2D eigenvalue weighted by molar-refractivity contribution is 9.10. The molecule has 1 aromatic rings. The SMILES string of the molecule is O=C(NCC1CC1)c1ccc(Br)c(F)c1F. The minimum atomic E-state index is -1.11. The molecule has 2 nitrogen and oxygen atoms in total. The van der Waals surface area contributed by atoms with Gasteiger partial charge in [-0.3, -0.25) is 4.79 Å². The highest BCUT2D eigenvalue weighted by atomic mass is 79.9. The van der Waals surface area contributed by atoms with Gasteiger partial charge in [0, 0.05) is 6.54 Å². The van der Waals surface area contributed by atoms with Crippen molar-refractivity contribution in [1.29, 1.82) is 0 Å². The molecule has 1 fully saturated rings. The van der Waals surface area contributed by atoms with Gasteiger partial charge in [0.1, 0.15) is 0 Å². The minimum Gasteiger partial charge on any atom is -0.352 e. The first-order chi connectivity index (χ1) is 7.59. The van der Waals surface area contributed by atoms with E-state index >= 15 is 0 Å². The summed E-state index contributed by atoms with van der Waals surface area (Å²) in [6, 6.07) is 2.59. The van der Waals surface area contributed by atoms with E-state index in [4.69, 9.17) is 0 Å². The maximum Gasteiger partial charge on any atom is 0.254 e. The molecule has 2 rings (SSSR count). The second kappa shape index (κ2) is 4.49. The zero-order valence-electron chi connectivity index (χ0n) is 8.40. The molecule has 1 aliphatic rings. The Labute approximate surface area is 100 Å². The monoisotopic (exact) mass is 289 g/mol. The molecule has 0 radical (unpaired) electrons. The normalized spacial score (nSPS) is 14.9. The highest BCUT2D eigenvalue weighted by Crippen LogP contribution is 2.28. The summed E-state index contributed by atoms with van der Waals surface area (Å²) < 4.78 is 26.6. The van der Waals surface area contributed by atoms with Crippen molar-refractivity contribution in [3.05, 3.63) is 33.8 Å². The van der Waals surface area contributed by atoms with Crippen LogP contribution < -0.4 is 5.32 Å². The lowest BCUT2D eigenvalue weighted by molar-refractivity contribution is 0.0946. The smallest absolute Gasteiger partial charge is 0.254 e. The van der Waals surface area contributed by atoms with Crippen LogP contribution in [0.2, 0.25) is 0 Å². The van der Waals surface area contributed by atoms with Crippen molar-refractivity contribution in [2.45, 2.75) is 12.8 Å². The van der Waals surface area contributed by atoms with Crippen LogP contribution in [0.5, 0.6) is 0 Å². The van der Waals surface area contributed by atoms with E-state index in [0.29, 0.717) is 12.5 Å². The summed E-state index contributed by atoms with van der Waals surface area (Å²) in [6.07, 6.45) is 2.19. The van der Waals surface area contributed by atoms with Crippen LogP contribution in [0.1, 0.15) is 23.2 Å². The quantitative estimate of drug-likeness (QED) is 0.852. The van der Waals surface area contributed by atoms with Crippen LogP contribution >= 0.6 is 15.9 Å². The van der Waals surface area contributed by atoms with Crippen molar-refractivity contribution >= 4 is 21.8 Å². The first kappa shape index (κ1) is 11.5. The minimum absolute atomic E-state index is 0.0174. The summed E-state index contributed by atoms with van der Waals surface area (Å²) in [5.41, 5.74) is -0.249. The van der Waals surface area contributed by atoms with Crippen LogP contribution in [0.25, 0.3) is 0 Å². The molecule has 0 heterocycles. The molecule has 86 valence electrons. The van der Waals surface area contributed by atoms with E-state index < -0.39 is 17.5 Å². The van der Waals surface area contributed by atoms with Gasteiger partial charge in [-0.2, -0.15) is 0 Å². The van der Waals surface area contributed by atoms with Crippen LogP contribution in [0.4, 0.5) is 8.78 Å². The lowest BCUT2D eigenvalue weighted by Crippen LogP contribution is -2.26. The van der Waals surface area contributed by atoms with Crippen molar-refractivity contribution in [3.8, 4) is 0 Å². The highest BCUT2D eigenvalue weighted by Gasteiger charge is 2.23. The van der Waals surface area contributed by atoms with E-state index in [1.165, 1.54) is 12.1 Å². The first-order valence-electron chi connectivity index (χ1n) is 5.01. The topological polar surface area (TPSA) is 29.1 Å². The van der Waals surface area contributed by atoms with Crippen LogP contribution in [-0.4, -0.2) is 12.5 Å². The molecule has 5 heteroatoms. The number of halogens is 3. The standard InChI is InChI=1S/C11H10BrF2NO/c12-8-4-3-7(9(13)10(8)14)11(16)15-5-6-1-2-6/h3-4,6H,1-2,5H2,(H,15,16). The molecule has 0 aliphatic heterocycles. The third-order valence-electron chi connectivity index (χ3n) is 2.53. The number of carbonyl (C=O) groups excluding carboxylic acids is 1. The van der Waals surface area contributed by atoms with Gasteiger partial charge >= 0.3 is 0 Å². The molecule has 0 saturated heterocycles. The molecule has 0 spiro atoms. The van der Waals surface area contributed by atoms with E-state index in [1.54, 1.807) is 0 Å². The summed E-state index contributed by atoms with van der Waals surface area (Å²) in [5.74, 6) is -2.19. The Morgan fingerprint density at radius 2 is 2.06 bits per heavy atom. The molecule has 1 saturated carbocycles. The average Bonchev–Trinajstić information content (AvgIpc) is 3.07. The largest absolute Gasteiger partial charge is 0.352 e. The third kappa shape index (κ3) is 2.40. The number of hydrogen-bond donors (Lipinski definition) is 1. The summed E-state index contributed by atoms with van der Waals surface area (Å²) in [4.78, 5) is 11.5. The van der Waals surface area contributed by atoms with Gasteiger partial charge in [-0.25, -0.2) is 8.78 Å². The Morgan fingerprint density at radius 3 is 2.69 bits per heavy atom. The lowest BCUT2D eigenvalue weighted by Gasteiger charge is -2.06. The molecular weight excluding hydrogens is 280 g/mol. The van der Waals surface area contributed by atoms with Gasteiger partial charge in [-0.1, -0.05) is 0 Å². The second-order valence-corrected chi connectivity index (χ2v) is 4.73. The van der Waals surface area contributed by atoms with Crippen molar-refractivity contribution < 1.29 is 13.6 Å². The van der Waals surface area contributed by atoms with E-state index in [0.717, 1.165) is 12.8 Å². The van der Waals surface area contributed by atoms with E-state index in [1.807, 2.05) is 0 Å². The fraction of sp³-hybridized carbons (Fsp3) is 0.364. The fourth-order valence-electron chi connectivity index (χ4n) is 1.36. The third-order valence-corrected chi connectivity index (χ3v) is 3.14. The van der Waals surface area contributed by atoms with Gasteiger partial charge in [0.05, 0.1) is 10.0 Å². The van der Waals surface area contributed by atoms with Crippen molar-refractivity contribution in [2.75, 3.05) is 6.54 Å². The van der Waals surface area contributed by atoms with Crippen molar-refractivity contribution in [2.24, 2.45) is 5.92 Å². The summed E-state index contributed by atoms with van der Waals surface area (Å²) in [6.45, 7) is 0.538. The Bertz CT molecular complexity index is 432. The summed E-state index contributed by atoms with van der Waals surface area (Å²) in [5, 5.41) is 2.59. The molecule has 1 amide bonds. The first-order valence-corrected chi connectivity index (χ1v) is 5.80. The maximum atomic E-state index is 13.4. The number of hydrogen-bond acceptors (Lipinski definition) is 1. The van der Waals surface area contributed by atoms with E-state index in [-0.39, 0.29) is 10.0 Å². The van der Waals surface area contributed by atoms with Gasteiger partial charge < -0.3 is 5.32 Å². The Kier molecular flexibility index (Phi) is 3.23. The molecule has 1 aromatic carbocycles. The number of nitrogens with one attached hydrogen (secondary N) is 1. The van der Waals surface area contributed by atoms with Crippen LogP contribution in [0, 0.1) is 17.6 Å². The van der Waals surface area contributed by atoms with Gasteiger partial charge in [-0.05, 0) is 46.8 Å². The molecule has 1 aliphatic carbocycles. The zero-order valence-corrected chi connectivity index (χ0v) is 9.98. The Hall–Kier alpha value is -0.970. The average molecular weight is 290 g/mol. The van der Waals surface area contributed by atoms with Crippen molar-refractivity contribution in [1.82, 2.24) is 5.32 Å². The molecule has 0 atom stereocenters. The van der Waals surface area contributed by atoms with Crippen LogP contribution in [-0.2, 0) is 0 Å². The fourth-order valence-corrected chi connectivity index (χ4v) is 1.66. The number of benzene rings is 1. The van der Waals surface area contributed by atoms with Gasteiger partial charge in [0.2, 0.25) is 0 Å². The predicted octanol–water partition coefficient (Wildman–Crippen LogP) is 2.87. The van der Waals surface area contributed by atoms with E-state index in [9.17, 15) is 13.6 Å². The van der Waals surface area contributed by atoms with Crippen LogP contribution in [0.15, 0.2) is 16.6 Å². The Balaban J connectivity index is 2.12. The van der Waals surface area contributed by atoms with Crippen molar-refractivity contribution in [3.63, 3.8) is 0 Å². The van der Waals surface area contributed by atoms with E-state index in [2.05, 4.69) is 21.2 Å². The van der Waals surface area contributed by atoms with Gasteiger partial charge in [0.15, 0.2) is 11.6 Å². The molecule has 0 bridgehead atoms. The number of rotatable bonds is 3. The zero-order chi connectivity index (χ0) is 11.7. The van der Waals surface area contributed by atoms with Crippen LogP contribution in [0.3, 0.4) is 0 Å². The molecule has 1 N–H and O–H groups in total. The number of carbonyl (C=O) groups is 1. The maximum absolute atomic E-state index is 13.4. The van der Waals surface area contributed by atoms with Gasteiger partial charge in [0.25, 0.3) is 5.91 Å². The summed E-state index contributed by atoms with van der Waals surface area (Å²) in [7, 11) is 0. The predicted molar refractivity (Wildman–Crippen MR) is 59.1 cm³/mol. The Morgan fingerprint density at radius 1 is 1.38 bits per heavy atom. The molecular formula is C11H10BrF2NO. The number of amides is 1. The summed E-state index contributed by atoms with van der Waals surface area (Å²) >= 11 is 2.85. The molecule has 0 unspecified atom stereocenters. The molecule has 16 heavy (non-hydrogen) atoms. The second-order valence-electron chi connectivity index (χ2n) is 3.88. The molecule has 0 aromatic heterocycles. The van der Waals surface area contributed by atoms with Gasteiger partial charge in [-0.15, -0.1) is 0 Å². The lowest BCUT2D eigenvalue weighted by atomic mass is 10.2.